The van der Waals surface area contributed by atoms with Crippen molar-refractivity contribution in [2.75, 3.05) is 19.6 Å². The molecule has 0 aliphatic carbocycles. The van der Waals surface area contributed by atoms with Gasteiger partial charge in [0, 0.05) is 19.6 Å². The zero-order valence-corrected chi connectivity index (χ0v) is 15.6. The first kappa shape index (κ1) is 19.5. The number of rotatable bonds is 4. The van der Waals surface area contributed by atoms with Crippen molar-refractivity contribution in [1.82, 2.24) is 4.90 Å². The number of phenols is 1. The van der Waals surface area contributed by atoms with Crippen LogP contribution in [-0.2, 0) is 0 Å². The van der Waals surface area contributed by atoms with E-state index < -0.39 is 6.10 Å². The van der Waals surface area contributed by atoms with Gasteiger partial charge in [0.05, 0.1) is 6.10 Å². The molecule has 3 heteroatoms. The molecule has 0 amide bonds. The van der Waals surface area contributed by atoms with Crippen molar-refractivity contribution in [3.8, 4) is 5.75 Å². The molecule has 1 aliphatic rings. The van der Waals surface area contributed by atoms with E-state index in [1.54, 1.807) is 24.3 Å². The minimum absolute atomic E-state index is 0.242. The maximum Gasteiger partial charge on any atom is 0.115 e. The first-order valence-electron chi connectivity index (χ1n) is 9.20. The quantitative estimate of drug-likeness (QED) is 0.866. The number of hydrogen-bond donors (Lipinski definition) is 2. The number of aryl methyl sites for hydroxylation is 1. The lowest BCUT2D eigenvalue weighted by atomic mass is 9.96. The fraction of sp³-hybridized carbons (Fsp3) is 0.455. The summed E-state index contributed by atoms with van der Waals surface area (Å²) in [5, 5.41) is 19.4. The van der Waals surface area contributed by atoms with E-state index in [1.807, 2.05) is 18.2 Å². The lowest BCUT2D eigenvalue weighted by molar-refractivity contribution is 0.123. The highest BCUT2D eigenvalue weighted by atomic mass is 16.3. The van der Waals surface area contributed by atoms with E-state index in [1.165, 1.54) is 12.0 Å². The highest BCUT2D eigenvalue weighted by Crippen LogP contribution is 2.27. The van der Waals surface area contributed by atoms with Crippen molar-refractivity contribution >= 4 is 0 Å². The molecule has 0 radical (unpaired) electrons. The van der Waals surface area contributed by atoms with Gasteiger partial charge in [0.1, 0.15) is 5.75 Å². The Bertz CT molecular complexity index is 612. The summed E-state index contributed by atoms with van der Waals surface area (Å²) in [6.07, 6.45) is 0.751. The third kappa shape index (κ3) is 6.18. The Balaban J connectivity index is 0.000000269. The second-order valence-electron chi connectivity index (χ2n) is 7.13. The number of nitrogens with zero attached hydrogens (tertiary/aromatic N) is 1. The van der Waals surface area contributed by atoms with Gasteiger partial charge in [-0.1, -0.05) is 68.3 Å². The van der Waals surface area contributed by atoms with Crippen molar-refractivity contribution < 1.29 is 10.2 Å². The summed E-state index contributed by atoms with van der Waals surface area (Å²) in [6, 6.07) is 17.1. The van der Waals surface area contributed by atoms with Crippen LogP contribution < -0.4 is 0 Å². The van der Waals surface area contributed by atoms with Gasteiger partial charge in [-0.05, 0) is 36.5 Å². The monoisotopic (exact) mass is 341 g/mol. The Labute approximate surface area is 151 Å². The fourth-order valence-electron chi connectivity index (χ4n) is 3.40. The molecule has 3 nitrogen and oxygen atoms in total. The van der Waals surface area contributed by atoms with Crippen molar-refractivity contribution in [2.24, 2.45) is 11.8 Å². The minimum atomic E-state index is -0.464. The van der Waals surface area contributed by atoms with Crippen molar-refractivity contribution in [3.05, 3.63) is 65.7 Å². The zero-order chi connectivity index (χ0) is 18.2. The number of likely N-dealkylation sites (tertiary alicyclic amines) is 1. The van der Waals surface area contributed by atoms with E-state index in [9.17, 15) is 10.2 Å². The lowest BCUT2D eigenvalue weighted by Crippen LogP contribution is -2.26. The fourth-order valence-corrected chi connectivity index (χ4v) is 3.40. The second kappa shape index (κ2) is 9.59. The molecule has 0 bridgehead atoms. The number of aliphatic hydroxyl groups excluding tert-OH is 1. The van der Waals surface area contributed by atoms with Crippen LogP contribution in [-0.4, -0.2) is 34.7 Å². The van der Waals surface area contributed by atoms with Crippen LogP contribution in [0, 0.1) is 18.8 Å². The molecular formula is C22H31NO2. The summed E-state index contributed by atoms with van der Waals surface area (Å²) >= 11 is 0. The van der Waals surface area contributed by atoms with E-state index in [0.29, 0.717) is 6.54 Å². The molecule has 2 N–H and O–H groups in total. The van der Waals surface area contributed by atoms with Gasteiger partial charge in [0.25, 0.3) is 0 Å². The number of aliphatic hydroxyl groups is 1. The van der Waals surface area contributed by atoms with E-state index in [2.05, 4.69) is 37.8 Å². The summed E-state index contributed by atoms with van der Waals surface area (Å²) < 4.78 is 0. The molecule has 0 spiro atoms. The smallest absolute Gasteiger partial charge is 0.115 e. The van der Waals surface area contributed by atoms with Crippen LogP contribution in [0.2, 0.25) is 0 Å². The van der Waals surface area contributed by atoms with E-state index in [4.69, 9.17) is 0 Å². The molecule has 3 rings (SSSR count). The average molecular weight is 341 g/mol. The summed E-state index contributed by atoms with van der Waals surface area (Å²) in [6.45, 7) is 9.47. The molecule has 0 aromatic heterocycles. The molecule has 136 valence electrons. The summed E-state index contributed by atoms with van der Waals surface area (Å²) in [5.74, 6) is 1.73. The van der Waals surface area contributed by atoms with Crippen molar-refractivity contribution in [3.63, 3.8) is 0 Å². The van der Waals surface area contributed by atoms with E-state index in [0.717, 1.165) is 30.5 Å². The van der Waals surface area contributed by atoms with Crippen LogP contribution in [0.1, 0.15) is 37.5 Å². The van der Waals surface area contributed by atoms with Gasteiger partial charge in [0.15, 0.2) is 0 Å². The van der Waals surface area contributed by atoms with Crippen molar-refractivity contribution in [1.29, 1.82) is 0 Å². The molecule has 1 aliphatic heterocycles. The number of phenolic OH excluding ortho intramolecular Hbond substituents is 1. The van der Waals surface area contributed by atoms with Crippen molar-refractivity contribution in [2.45, 2.75) is 33.3 Å². The third-order valence-electron chi connectivity index (χ3n) is 5.02. The van der Waals surface area contributed by atoms with Crippen LogP contribution >= 0.6 is 0 Å². The number of β-amino-alcohol motifs (C(OH)–C–C–N with tert-alkyl or cyclic N) is 1. The summed E-state index contributed by atoms with van der Waals surface area (Å²) in [7, 11) is 0. The van der Waals surface area contributed by atoms with E-state index in [-0.39, 0.29) is 5.75 Å². The van der Waals surface area contributed by atoms with Gasteiger partial charge in [-0.2, -0.15) is 0 Å². The topological polar surface area (TPSA) is 43.7 Å². The molecule has 3 atom stereocenters. The molecule has 2 aromatic carbocycles. The van der Waals surface area contributed by atoms with Gasteiger partial charge < -0.3 is 10.2 Å². The van der Waals surface area contributed by atoms with Crippen LogP contribution in [0.15, 0.2) is 54.6 Å². The Hall–Kier alpha value is -1.84. The Kier molecular flexibility index (Phi) is 7.48. The molecule has 1 heterocycles. The van der Waals surface area contributed by atoms with Gasteiger partial charge in [-0.25, -0.2) is 0 Å². The predicted molar refractivity (Wildman–Crippen MR) is 104 cm³/mol. The van der Waals surface area contributed by atoms with Crippen LogP contribution in [0.5, 0.6) is 5.75 Å². The van der Waals surface area contributed by atoms with Gasteiger partial charge in [0.2, 0.25) is 0 Å². The van der Waals surface area contributed by atoms with Gasteiger partial charge in [-0.3, -0.25) is 4.90 Å². The Morgan fingerprint density at radius 2 is 1.68 bits per heavy atom. The molecule has 1 fully saturated rings. The Morgan fingerprint density at radius 3 is 2.16 bits per heavy atom. The average Bonchev–Trinajstić information content (AvgIpc) is 2.96. The number of benzene rings is 2. The molecule has 25 heavy (non-hydrogen) atoms. The predicted octanol–water partition coefficient (Wildman–Crippen LogP) is 4.40. The number of hydrogen-bond acceptors (Lipinski definition) is 3. The molecule has 2 aromatic rings. The molecule has 1 unspecified atom stereocenters. The third-order valence-corrected chi connectivity index (χ3v) is 5.02. The molecular weight excluding hydrogens is 310 g/mol. The standard InChI is InChI=1S/C15H23NO2.C7H8/c1-3-12-9-16(8-11(12)2)10-15(18)13-4-6-14(17)7-5-13;1-7-5-3-2-4-6-7/h4-7,11-12,15,17-18H,3,8-10H2,1-2H3;2-6H,1H3/t11-,12+,15?;/m0./s1. The summed E-state index contributed by atoms with van der Waals surface area (Å²) in [4.78, 5) is 2.34. The van der Waals surface area contributed by atoms with Crippen LogP contribution in [0.25, 0.3) is 0 Å². The first-order chi connectivity index (χ1) is 12.0. The van der Waals surface area contributed by atoms with Gasteiger partial charge in [-0.15, -0.1) is 0 Å². The van der Waals surface area contributed by atoms with Crippen LogP contribution in [0.4, 0.5) is 0 Å². The molecule has 0 saturated carbocycles. The minimum Gasteiger partial charge on any atom is -0.508 e. The van der Waals surface area contributed by atoms with Crippen LogP contribution in [0.3, 0.4) is 0 Å². The highest BCUT2D eigenvalue weighted by molar-refractivity contribution is 5.27. The normalized spacial score (nSPS) is 21.4. The zero-order valence-electron chi connectivity index (χ0n) is 15.6. The Morgan fingerprint density at radius 1 is 1.04 bits per heavy atom. The maximum absolute atomic E-state index is 10.2. The molecule has 1 saturated heterocycles. The SMILES string of the molecule is CC[C@@H]1CN(CC(O)c2ccc(O)cc2)C[C@@H]1C.Cc1ccccc1. The van der Waals surface area contributed by atoms with Gasteiger partial charge >= 0.3 is 0 Å². The largest absolute Gasteiger partial charge is 0.508 e. The first-order valence-corrected chi connectivity index (χ1v) is 9.20. The highest BCUT2D eigenvalue weighted by Gasteiger charge is 2.29. The van der Waals surface area contributed by atoms with E-state index >= 15 is 0 Å². The maximum atomic E-state index is 10.2. The second-order valence-corrected chi connectivity index (χ2v) is 7.13. The summed E-state index contributed by atoms with van der Waals surface area (Å²) in [5.41, 5.74) is 2.20. The number of aromatic hydroxyl groups is 1. The lowest BCUT2D eigenvalue weighted by Gasteiger charge is -2.20.